The third-order valence-electron chi connectivity index (χ3n) is 4.07. The van der Waals surface area contributed by atoms with Crippen molar-refractivity contribution in [2.45, 2.75) is 25.8 Å². The van der Waals surface area contributed by atoms with Gasteiger partial charge in [0, 0.05) is 5.69 Å². The monoisotopic (exact) mass is 263 g/mol. The molecule has 0 aliphatic heterocycles. The number of aromatic nitrogens is 2. The summed E-state index contributed by atoms with van der Waals surface area (Å²) < 4.78 is 0. The number of rotatable bonds is 2. The maximum Gasteiger partial charge on any atom is 0.104 e. The van der Waals surface area contributed by atoms with E-state index in [9.17, 15) is 0 Å². The zero-order valence-electron chi connectivity index (χ0n) is 11.5. The van der Waals surface area contributed by atoms with Crippen LogP contribution in [-0.2, 0) is 6.42 Å². The number of anilines is 1. The lowest BCUT2D eigenvalue weighted by atomic mass is 10.1. The Morgan fingerprint density at radius 3 is 3.05 bits per heavy atom. The predicted octanol–water partition coefficient (Wildman–Crippen LogP) is 3.97. The van der Waals surface area contributed by atoms with E-state index in [0.29, 0.717) is 6.04 Å². The molecule has 0 radical (unpaired) electrons. The fraction of sp³-hybridized carbons (Fsp3) is 0.235. The van der Waals surface area contributed by atoms with Crippen molar-refractivity contribution in [2.24, 2.45) is 0 Å². The van der Waals surface area contributed by atoms with Crippen LogP contribution in [0.2, 0.25) is 0 Å². The minimum atomic E-state index is 0.424. The Labute approximate surface area is 118 Å². The van der Waals surface area contributed by atoms with Crippen molar-refractivity contribution in [3.05, 3.63) is 59.4 Å². The van der Waals surface area contributed by atoms with Gasteiger partial charge in [-0.05, 0) is 49.1 Å². The van der Waals surface area contributed by atoms with Gasteiger partial charge in [-0.15, -0.1) is 0 Å². The molecule has 0 bridgehead atoms. The fourth-order valence-corrected chi connectivity index (χ4v) is 3.14. The highest BCUT2D eigenvalue weighted by molar-refractivity contribution is 5.79. The van der Waals surface area contributed by atoms with Gasteiger partial charge in [0.05, 0.1) is 17.1 Å². The van der Waals surface area contributed by atoms with Crippen molar-refractivity contribution in [1.82, 2.24) is 9.97 Å². The average molecular weight is 263 g/mol. The highest BCUT2D eigenvalue weighted by atomic mass is 14.9. The van der Waals surface area contributed by atoms with Crippen LogP contribution in [0, 0.1) is 6.92 Å². The molecule has 0 spiro atoms. The van der Waals surface area contributed by atoms with E-state index < -0.39 is 0 Å². The number of H-pyrrole nitrogens is 1. The third kappa shape index (κ3) is 1.86. The Bertz CT molecular complexity index is 773. The summed E-state index contributed by atoms with van der Waals surface area (Å²) in [5, 5.41) is 3.65. The molecule has 4 rings (SSSR count). The lowest BCUT2D eigenvalue weighted by Gasteiger charge is -2.15. The van der Waals surface area contributed by atoms with Gasteiger partial charge in [-0.3, -0.25) is 0 Å². The topological polar surface area (TPSA) is 40.7 Å². The summed E-state index contributed by atoms with van der Waals surface area (Å²) in [6.45, 7) is 1.99. The summed E-state index contributed by atoms with van der Waals surface area (Å²) in [6, 6.07) is 15.5. The maximum absolute atomic E-state index is 4.44. The lowest BCUT2D eigenvalue weighted by molar-refractivity contribution is 0.762. The van der Waals surface area contributed by atoms with Crippen LogP contribution in [0.3, 0.4) is 0 Å². The molecule has 2 N–H and O–H groups in total. The Kier molecular flexibility index (Phi) is 2.52. The zero-order chi connectivity index (χ0) is 13.5. The maximum atomic E-state index is 4.44. The summed E-state index contributed by atoms with van der Waals surface area (Å²) >= 11 is 0. The summed E-state index contributed by atoms with van der Waals surface area (Å²) in [5.74, 6) is 0.961. The summed E-state index contributed by atoms with van der Waals surface area (Å²) in [5.41, 5.74) is 6.19. The molecule has 0 fully saturated rings. The smallest absolute Gasteiger partial charge is 0.104 e. The van der Waals surface area contributed by atoms with E-state index >= 15 is 0 Å². The minimum Gasteiger partial charge on any atom is -0.378 e. The van der Waals surface area contributed by atoms with E-state index in [1.165, 1.54) is 24.0 Å². The molecule has 100 valence electrons. The molecular formula is C17H17N3. The molecule has 0 amide bonds. The highest BCUT2D eigenvalue weighted by Gasteiger charge is 2.21. The van der Waals surface area contributed by atoms with Gasteiger partial charge in [0.1, 0.15) is 5.82 Å². The van der Waals surface area contributed by atoms with Gasteiger partial charge < -0.3 is 10.3 Å². The Morgan fingerprint density at radius 2 is 2.10 bits per heavy atom. The molecular weight excluding hydrogens is 246 g/mol. The Hall–Kier alpha value is -2.29. The molecule has 3 heteroatoms. The average Bonchev–Trinajstić information content (AvgIpc) is 3.02. The van der Waals surface area contributed by atoms with Crippen molar-refractivity contribution >= 4 is 16.7 Å². The van der Waals surface area contributed by atoms with Gasteiger partial charge in [-0.2, -0.15) is 0 Å². The normalized spacial score (nSPS) is 17.4. The zero-order valence-corrected chi connectivity index (χ0v) is 11.5. The second-order valence-corrected chi connectivity index (χ2v) is 5.49. The van der Waals surface area contributed by atoms with E-state index in [-0.39, 0.29) is 0 Å². The van der Waals surface area contributed by atoms with Crippen molar-refractivity contribution in [1.29, 1.82) is 0 Å². The van der Waals surface area contributed by atoms with Crippen LogP contribution in [0.15, 0.2) is 42.5 Å². The second-order valence-electron chi connectivity index (χ2n) is 5.49. The molecule has 1 aromatic heterocycles. The fourth-order valence-electron chi connectivity index (χ4n) is 3.14. The number of hydrogen-bond acceptors (Lipinski definition) is 2. The largest absolute Gasteiger partial charge is 0.378 e. The van der Waals surface area contributed by atoms with Crippen molar-refractivity contribution in [3.8, 4) is 0 Å². The molecule has 1 heterocycles. The van der Waals surface area contributed by atoms with Crippen LogP contribution < -0.4 is 5.32 Å². The summed E-state index contributed by atoms with van der Waals surface area (Å²) in [4.78, 5) is 7.73. The molecule has 1 atom stereocenters. The van der Waals surface area contributed by atoms with Crippen molar-refractivity contribution in [3.63, 3.8) is 0 Å². The van der Waals surface area contributed by atoms with Crippen LogP contribution in [0.4, 0.5) is 5.69 Å². The van der Waals surface area contributed by atoms with Crippen LogP contribution >= 0.6 is 0 Å². The number of aromatic amines is 1. The SMILES string of the molecule is Cc1nc2ccc(NC3CCc4ccccc43)cc2[nH]1. The van der Waals surface area contributed by atoms with Gasteiger partial charge >= 0.3 is 0 Å². The van der Waals surface area contributed by atoms with Gasteiger partial charge in [0.15, 0.2) is 0 Å². The van der Waals surface area contributed by atoms with Crippen molar-refractivity contribution in [2.75, 3.05) is 5.32 Å². The molecule has 1 unspecified atom stereocenters. The van der Waals surface area contributed by atoms with E-state index in [1.54, 1.807) is 0 Å². The number of benzene rings is 2. The molecule has 0 saturated carbocycles. The molecule has 1 aliphatic carbocycles. The molecule has 2 aromatic carbocycles. The Balaban J connectivity index is 1.65. The standard InChI is InChI=1S/C17H17N3/c1-11-18-16-9-7-13(10-17(16)19-11)20-15-8-6-12-4-2-3-5-14(12)15/h2-5,7,9-10,15,20H,6,8H2,1H3,(H,18,19). The first-order valence-corrected chi connectivity index (χ1v) is 7.10. The van der Waals surface area contributed by atoms with Crippen LogP contribution in [0.25, 0.3) is 11.0 Å². The lowest BCUT2D eigenvalue weighted by Crippen LogP contribution is -2.06. The van der Waals surface area contributed by atoms with E-state index in [4.69, 9.17) is 0 Å². The van der Waals surface area contributed by atoms with E-state index in [1.807, 2.05) is 6.92 Å². The second kappa shape index (κ2) is 4.37. The van der Waals surface area contributed by atoms with Crippen LogP contribution in [0.1, 0.15) is 29.4 Å². The van der Waals surface area contributed by atoms with Gasteiger partial charge in [-0.1, -0.05) is 24.3 Å². The molecule has 3 nitrogen and oxygen atoms in total. The number of imidazole rings is 1. The predicted molar refractivity (Wildman–Crippen MR) is 82.0 cm³/mol. The van der Waals surface area contributed by atoms with Crippen LogP contribution in [-0.4, -0.2) is 9.97 Å². The first kappa shape index (κ1) is 11.5. The number of nitrogens with one attached hydrogen (secondary N) is 2. The van der Waals surface area contributed by atoms with Gasteiger partial charge in [0.2, 0.25) is 0 Å². The number of fused-ring (bicyclic) bond motifs is 2. The van der Waals surface area contributed by atoms with Crippen LogP contribution in [0.5, 0.6) is 0 Å². The number of nitrogens with zero attached hydrogens (tertiary/aromatic N) is 1. The first-order chi connectivity index (χ1) is 9.79. The molecule has 3 aromatic rings. The molecule has 0 saturated heterocycles. The third-order valence-corrected chi connectivity index (χ3v) is 4.07. The Morgan fingerprint density at radius 1 is 1.20 bits per heavy atom. The summed E-state index contributed by atoms with van der Waals surface area (Å²) in [7, 11) is 0. The van der Waals surface area contributed by atoms with Crippen molar-refractivity contribution < 1.29 is 0 Å². The minimum absolute atomic E-state index is 0.424. The first-order valence-electron chi connectivity index (χ1n) is 7.10. The quantitative estimate of drug-likeness (QED) is 0.734. The molecule has 20 heavy (non-hydrogen) atoms. The molecule has 1 aliphatic rings. The number of aryl methyl sites for hydroxylation is 2. The van der Waals surface area contributed by atoms with E-state index in [2.05, 4.69) is 57.7 Å². The number of hydrogen-bond donors (Lipinski definition) is 2. The van der Waals surface area contributed by atoms with Gasteiger partial charge in [-0.25, -0.2) is 4.98 Å². The summed E-state index contributed by atoms with van der Waals surface area (Å²) in [6.07, 6.45) is 2.33. The van der Waals surface area contributed by atoms with E-state index in [0.717, 1.165) is 22.5 Å². The highest BCUT2D eigenvalue weighted by Crippen LogP contribution is 2.34. The van der Waals surface area contributed by atoms with Gasteiger partial charge in [0.25, 0.3) is 0 Å².